The van der Waals surface area contributed by atoms with Crippen LogP contribution in [0, 0.1) is 17.3 Å². The van der Waals surface area contributed by atoms with Gasteiger partial charge in [0, 0.05) is 0 Å². The molecule has 3 rings (SSSR count). The maximum Gasteiger partial charge on any atom is 0.0548 e. The van der Waals surface area contributed by atoms with Crippen molar-refractivity contribution in [3.63, 3.8) is 0 Å². The molecule has 1 spiro atoms. The molecule has 1 nitrogen and oxygen atoms in total. The first-order valence-corrected chi connectivity index (χ1v) is 5.99. The van der Waals surface area contributed by atoms with Crippen molar-refractivity contribution < 1.29 is 5.11 Å². The standard InChI is InChI=1S/C12H20O/c13-11-7-10-5-4-9-3-1-2-6-12(9,10)8-11/h9-11,13H,1-8H2. The summed E-state index contributed by atoms with van der Waals surface area (Å²) in [4.78, 5) is 0. The van der Waals surface area contributed by atoms with Crippen LogP contribution in [0.15, 0.2) is 0 Å². The first-order chi connectivity index (χ1) is 6.31. The molecule has 0 radical (unpaired) electrons. The molecular formula is C12H20O. The SMILES string of the molecule is OC1CC2CCC3CCCCC32C1. The van der Waals surface area contributed by atoms with Gasteiger partial charge >= 0.3 is 0 Å². The average molecular weight is 180 g/mol. The minimum absolute atomic E-state index is 0.0471. The van der Waals surface area contributed by atoms with Gasteiger partial charge in [-0.2, -0.15) is 0 Å². The van der Waals surface area contributed by atoms with Crippen molar-refractivity contribution in [3.05, 3.63) is 0 Å². The van der Waals surface area contributed by atoms with E-state index in [1.165, 1.54) is 38.5 Å². The molecule has 3 aliphatic rings. The number of rotatable bonds is 0. The smallest absolute Gasteiger partial charge is 0.0548 e. The number of hydrogen-bond acceptors (Lipinski definition) is 1. The summed E-state index contributed by atoms with van der Waals surface area (Å²) in [5.74, 6) is 1.89. The molecule has 3 saturated carbocycles. The highest BCUT2D eigenvalue weighted by molar-refractivity contribution is 5.05. The Morgan fingerprint density at radius 2 is 1.85 bits per heavy atom. The largest absolute Gasteiger partial charge is 0.393 e. The van der Waals surface area contributed by atoms with Crippen LogP contribution in [-0.4, -0.2) is 11.2 Å². The van der Waals surface area contributed by atoms with Crippen molar-refractivity contribution in [2.75, 3.05) is 0 Å². The van der Waals surface area contributed by atoms with Gasteiger partial charge in [-0.3, -0.25) is 0 Å². The third kappa shape index (κ3) is 1.03. The molecule has 0 aromatic heterocycles. The highest BCUT2D eigenvalue weighted by Gasteiger charge is 2.55. The lowest BCUT2D eigenvalue weighted by Gasteiger charge is -2.40. The Kier molecular flexibility index (Phi) is 1.74. The summed E-state index contributed by atoms with van der Waals surface area (Å²) in [5, 5.41) is 9.77. The average Bonchev–Trinajstić information content (AvgIpc) is 2.57. The fraction of sp³-hybridized carbons (Fsp3) is 1.00. The maximum absolute atomic E-state index is 9.77. The van der Waals surface area contributed by atoms with E-state index >= 15 is 0 Å². The molecule has 1 N–H and O–H groups in total. The molecule has 13 heavy (non-hydrogen) atoms. The molecule has 0 aliphatic heterocycles. The Labute approximate surface area is 80.5 Å². The van der Waals surface area contributed by atoms with E-state index in [-0.39, 0.29) is 6.10 Å². The summed E-state index contributed by atoms with van der Waals surface area (Å²) in [6.07, 6.45) is 11.0. The van der Waals surface area contributed by atoms with Gasteiger partial charge < -0.3 is 5.11 Å². The zero-order valence-corrected chi connectivity index (χ0v) is 8.34. The van der Waals surface area contributed by atoms with Gasteiger partial charge in [-0.05, 0) is 55.8 Å². The summed E-state index contributed by atoms with van der Waals surface area (Å²) in [6.45, 7) is 0. The van der Waals surface area contributed by atoms with Crippen LogP contribution >= 0.6 is 0 Å². The Hall–Kier alpha value is -0.0400. The Morgan fingerprint density at radius 3 is 2.77 bits per heavy atom. The number of aliphatic hydroxyl groups is 1. The van der Waals surface area contributed by atoms with Crippen molar-refractivity contribution in [3.8, 4) is 0 Å². The molecule has 0 aromatic rings. The van der Waals surface area contributed by atoms with E-state index in [1.54, 1.807) is 0 Å². The lowest BCUT2D eigenvalue weighted by Crippen LogP contribution is -2.31. The zero-order valence-electron chi connectivity index (χ0n) is 8.34. The van der Waals surface area contributed by atoms with E-state index in [9.17, 15) is 5.11 Å². The quantitative estimate of drug-likeness (QED) is 0.607. The first-order valence-electron chi connectivity index (χ1n) is 5.99. The molecule has 0 saturated heterocycles. The summed E-state index contributed by atoms with van der Waals surface area (Å²) >= 11 is 0. The van der Waals surface area contributed by atoms with E-state index in [0.717, 1.165) is 24.7 Å². The zero-order chi connectivity index (χ0) is 8.89. The number of aliphatic hydroxyl groups excluding tert-OH is 1. The Bertz CT molecular complexity index is 207. The van der Waals surface area contributed by atoms with Gasteiger partial charge in [0.1, 0.15) is 0 Å². The molecule has 3 fully saturated rings. The van der Waals surface area contributed by atoms with Gasteiger partial charge in [-0.1, -0.05) is 12.8 Å². The van der Waals surface area contributed by atoms with Crippen molar-refractivity contribution in [1.29, 1.82) is 0 Å². The third-order valence-electron chi connectivity index (χ3n) is 5.11. The summed E-state index contributed by atoms with van der Waals surface area (Å²) in [5.41, 5.74) is 0.623. The monoisotopic (exact) mass is 180 g/mol. The molecule has 3 aliphatic carbocycles. The van der Waals surface area contributed by atoms with Crippen LogP contribution in [0.1, 0.15) is 51.4 Å². The van der Waals surface area contributed by atoms with Gasteiger partial charge in [0.2, 0.25) is 0 Å². The fourth-order valence-electron chi connectivity index (χ4n) is 4.63. The molecule has 4 unspecified atom stereocenters. The molecule has 0 heterocycles. The molecule has 1 heteroatoms. The third-order valence-corrected chi connectivity index (χ3v) is 5.11. The van der Waals surface area contributed by atoms with Gasteiger partial charge in [-0.15, -0.1) is 0 Å². The van der Waals surface area contributed by atoms with E-state index in [2.05, 4.69) is 0 Å². The van der Waals surface area contributed by atoms with Crippen molar-refractivity contribution >= 4 is 0 Å². The fourth-order valence-corrected chi connectivity index (χ4v) is 4.63. The number of hydrogen-bond donors (Lipinski definition) is 1. The highest BCUT2D eigenvalue weighted by atomic mass is 16.3. The second-order valence-corrected chi connectivity index (χ2v) is 5.54. The Balaban J connectivity index is 1.90. The lowest BCUT2D eigenvalue weighted by atomic mass is 9.65. The van der Waals surface area contributed by atoms with E-state index in [1.807, 2.05) is 0 Å². The van der Waals surface area contributed by atoms with Gasteiger partial charge in [0.25, 0.3) is 0 Å². The van der Waals surface area contributed by atoms with Crippen molar-refractivity contribution in [1.82, 2.24) is 0 Å². The van der Waals surface area contributed by atoms with E-state index in [0.29, 0.717) is 5.41 Å². The summed E-state index contributed by atoms with van der Waals surface area (Å²) < 4.78 is 0. The Morgan fingerprint density at radius 1 is 1.00 bits per heavy atom. The van der Waals surface area contributed by atoms with Crippen LogP contribution < -0.4 is 0 Å². The lowest BCUT2D eigenvalue weighted by molar-refractivity contribution is 0.0819. The van der Waals surface area contributed by atoms with Crippen LogP contribution in [0.3, 0.4) is 0 Å². The minimum Gasteiger partial charge on any atom is -0.393 e. The van der Waals surface area contributed by atoms with Crippen LogP contribution in [0.25, 0.3) is 0 Å². The van der Waals surface area contributed by atoms with Crippen molar-refractivity contribution in [2.45, 2.75) is 57.5 Å². The van der Waals surface area contributed by atoms with Crippen LogP contribution in [0.5, 0.6) is 0 Å². The van der Waals surface area contributed by atoms with Crippen LogP contribution in [0.4, 0.5) is 0 Å². The molecule has 4 atom stereocenters. The molecular weight excluding hydrogens is 160 g/mol. The predicted octanol–water partition coefficient (Wildman–Crippen LogP) is 2.73. The molecule has 0 amide bonds. The summed E-state index contributed by atoms with van der Waals surface area (Å²) in [6, 6.07) is 0. The maximum atomic E-state index is 9.77. The van der Waals surface area contributed by atoms with Crippen molar-refractivity contribution in [2.24, 2.45) is 17.3 Å². The molecule has 74 valence electrons. The van der Waals surface area contributed by atoms with Crippen LogP contribution in [0.2, 0.25) is 0 Å². The minimum atomic E-state index is 0.0471. The topological polar surface area (TPSA) is 20.2 Å². The van der Waals surface area contributed by atoms with Crippen LogP contribution in [-0.2, 0) is 0 Å². The second kappa shape index (κ2) is 2.73. The normalized spacial score (nSPS) is 54.7. The second-order valence-electron chi connectivity index (χ2n) is 5.54. The summed E-state index contributed by atoms with van der Waals surface area (Å²) in [7, 11) is 0. The first kappa shape index (κ1) is 8.28. The van der Waals surface area contributed by atoms with Gasteiger partial charge in [0.15, 0.2) is 0 Å². The molecule has 0 aromatic carbocycles. The van der Waals surface area contributed by atoms with Gasteiger partial charge in [0.05, 0.1) is 6.10 Å². The van der Waals surface area contributed by atoms with Gasteiger partial charge in [-0.25, -0.2) is 0 Å². The highest BCUT2D eigenvalue weighted by Crippen LogP contribution is 2.63. The predicted molar refractivity (Wildman–Crippen MR) is 52.4 cm³/mol. The molecule has 0 bridgehead atoms. The van der Waals surface area contributed by atoms with E-state index < -0.39 is 0 Å². The van der Waals surface area contributed by atoms with E-state index in [4.69, 9.17) is 0 Å².